The van der Waals surface area contributed by atoms with E-state index in [-0.39, 0.29) is 22.7 Å². The van der Waals surface area contributed by atoms with Gasteiger partial charge in [-0.15, -0.1) is 0 Å². The third kappa shape index (κ3) is 4.95. The van der Waals surface area contributed by atoms with Gasteiger partial charge in [-0.1, -0.05) is 54.6 Å². The zero-order chi connectivity index (χ0) is 28.1. The van der Waals surface area contributed by atoms with E-state index in [4.69, 9.17) is 19.9 Å². The standard InChI is InChI=1S/C30H25N3O6/c1-37-28(34)21-13-7-11-19(15-21)20-12-8-14-22(16-20)33-26(30(36)39-3)25(29(35)38-2)24(23(17-31)27(33)32)18-9-5-4-6-10-18/h4-16,24H,32H2,1-3H3. The Labute approximate surface area is 225 Å². The molecule has 0 saturated heterocycles. The first-order valence-electron chi connectivity index (χ1n) is 11.8. The lowest BCUT2D eigenvalue weighted by atomic mass is 9.81. The molecule has 1 heterocycles. The van der Waals surface area contributed by atoms with Crippen molar-refractivity contribution in [2.24, 2.45) is 5.73 Å². The summed E-state index contributed by atoms with van der Waals surface area (Å²) >= 11 is 0. The average molecular weight is 524 g/mol. The summed E-state index contributed by atoms with van der Waals surface area (Å²) in [6.07, 6.45) is 0. The van der Waals surface area contributed by atoms with Crippen molar-refractivity contribution in [3.63, 3.8) is 0 Å². The number of anilines is 1. The number of rotatable bonds is 6. The van der Waals surface area contributed by atoms with Gasteiger partial charge in [0.05, 0.1) is 50.0 Å². The molecule has 4 rings (SSSR count). The number of carbonyl (C=O) groups is 3. The van der Waals surface area contributed by atoms with Gasteiger partial charge in [0, 0.05) is 5.69 Å². The van der Waals surface area contributed by atoms with Crippen molar-refractivity contribution in [3.05, 3.63) is 113 Å². The van der Waals surface area contributed by atoms with Crippen molar-refractivity contribution in [2.45, 2.75) is 5.92 Å². The lowest BCUT2D eigenvalue weighted by Gasteiger charge is -2.36. The molecule has 0 aromatic heterocycles. The van der Waals surface area contributed by atoms with Crippen LogP contribution in [0.5, 0.6) is 0 Å². The fourth-order valence-electron chi connectivity index (χ4n) is 4.55. The largest absolute Gasteiger partial charge is 0.466 e. The number of nitrogens with two attached hydrogens (primary N) is 1. The van der Waals surface area contributed by atoms with Crippen molar-refractivity contribution >= 4 is 23.6 Å². The van der Waals surface area contributed by atoms with E-state index in [1.54, 1.807) is 66.7 Å². The quantitative estimate of drug-likeness (QED) is 0.375. The zero-order valence-electron chi connectivity index (χ0n) is 21.5. The third-order valence-corrected chi connectivity index (χ3v) is 6.33. The molecule has 1 aliphatic heterocycles. The zero-order valence-corrected chi connectivity index (χ0v) is 21.5. The Bertz CT molecular complexity index is 1550. The van der Waals surface area contributed by atoms with Crippen molar-refractivity contribution in [1.29, 1.82) is 5.26 Å². The molecule has 39 heavy (non-hydrogen) atoms. The summed E-state index contributed by atoms with van der Waals surface area (Å²) in [6.45, 7) is 0. The molecule has 9 nitrogen and oxygen atoms in total. The van der Waals surface area contributed by atoms with E-state index in [0.29, 0.717) is 27.9 Å². The lowest BCUT2D eigenvalue weighted by molar-refractivity contribution is -0.139. The van der Waals surface area contributed by atoms with Crippen LogP contribution in [0.2, 0.25) is 0 Å². The minimum atomic E-state index is -0.964. The summed E-state index contributed by atoms with van der Waals surface area (Å²) in [4.78, 5) is 39.9. The monoisotopic (exact) mass is 523 g/mol. The van der Waals surface area contributed by atoms with Crippen LogP contribution in [0.25, 0.3) is 11.1 Å². The van der Waals surface area contributed by atoms with Crippen LogP contribution in [0, 0.1) is 11.3 Å². The highest BCUT2D eigenvalue weighted by molar-refractivity contribution is 6.06. The van der Waals surface area contributed by atoms with Crippen LogP contribution in [0.15, 0.2) is 102 Å². The molecule has 3 aromatic rings. The number of allylic oxidation sites excluding steroid dienone is 1. The number of esters is 3. The van der Waals surface area contributed by atoms with Crippen molar-refractivity contribution in [1.82, 2.24) is 0 Å². The molecule has 3 aromatic carbocycles. The summed E-state index contributed by atoms with van der Waals surface area (Å²) in [7, 11) is 3.68. The van der Waals surface area contributed by atoms with Gasteiger partial charge in [0.25, 0.3) is 0 Å². The molecule has 0 saturated carbocycles. The summed E-state index contributed by atoms with van der Waals surface area (Å²) in [5.41, 5.74) is 9.08. The van der Waals surface area contributed by atoms with Crippen LogP contribution in [0.4, 0.5) is 5.69 Å². The van der Waals surface area contributed by atoms with E-state index in [0.717, 1.165) is 0 Å². The summed E-state index contributed by atoms with van der Waals surface area (Å²) in [5.74, 6) is -3.14. The summed E-state index contributed by atoms with van der Waals surface area (Å²) < 4.78 is 15.0. The fraction of sp³-hybridized carbons (Fsp3) is 0.133. The second kappa shape index (κ2) is 11.4. The lowest BCUT2D eigenvalue weighted by Crippen LogP contribution is -2.40. The van der Waals surface area contributed by atoms with Crippen LogP contribution in [0.1, 0.15) is 21.8 Å². The Morgan fingerprint density at radius 1 is 0.795 bits per heavy atom. The molecule has 0 amide bonds. The van der Waals surface area contributed by atoms with Crippen LogP contribution < -0.4 is 10.6 Å². The normalized spacial score (nSPS) is 14.9. The van der Waals surface area contributed by atoms with Gasteiger partial charge in [-0.25, -0.2) is 14.4 Å². The molecular weight excluding hydrogens is 498 g/mol. The Kier molecular flexibility index (Phi) is 7.77. The van der Waals surface area contributed by atoms with E-state index in [9.17, 15) is 19.6 Å². The molecule has 1 atom stereocenters. The Morgan fingerprint density at radius 2 is 1.41 bits per heavy atom. The van der Waals surface area contributed by atoms with E-state index >= 15 is 0 Å². The predicted octanol–water partition coefficient (Wildman–Crippen LogP) is 4.04. The average Bonchev–Trinajstić information content (AvgIpc) is 2.99. The fourth-order valence-corrected chi connectivity index (χ4v) is 4.55. The number of benzene rings is 3. The Balaban J connectivity index is 1.97. The molecule has 9 heteroatoms. The third-order valence-electron chi connectivity index (χ3n) is 6.33. The second-order valence-corrected chi connectivity index (χ2v) is 8.46. The van der Waals surface area contributed by atoms with E-state index < -0.39 is 23.8 Å². The maximum absolute atomic E-state index is 13.3. The summed E-state index contributed by atoms with van der Waals surface area (Å²) in [5, 5.41) is 10.2. The highest BCUT2D eigenvalue weighted by atomic mass is 16.5. The van der Waals surface area contributed by atoms with Gasteiger partial charge in [0.1, 0.15) is 11.5 Å². The van der Waals surface area contributed by atoms with Gasteiger partial charge in [-0.2, -0.15) is 5.26 Å². The second-order valence-electron chi connectivity index (χ2n) is 8.46. The number of hydrogen-bond acceptors (Lipinski definition) is 9. The van der Waals surface area contributed by atoms with Gasteiger partial charge in [-0.05, 0) is 41.0 Å². The molecule has 0 aliphatic carbocycles. The SMILES string of the molecule is COC(=O)C1=C(C(=O)OC)N(c2cccc(-c3cccc(C(=O)OC)c3)c2)C(N)=C(C#N)C1c1ccccc1. The maximum Gasteiger partial charge on any atom is 0.355 e. The highest BCUT2D eigenvalue weighted by Crippen LogP contribution is 2.43. The molecule has 1 unspecified atom stereocenters. The Hall–Kier alpha value is -5.36. The number of methoxy groups -OCH3 is 3. The van der Waals surface area contributed by atoms with E-state index in [1.165, 1.54) is 26.2 Å². The number of hydrogen-bond donors (Lipinski definition) is 1. The highest BCUT2D eigenvalue weighted by Gasteiger charge is 2.43. The van der Waals surface area contributed by atoms with Crippen LogP contribution in [-0.4, -0.2) is 39.2 Å². The van der Waals surface area contributed by atoms with Crippen LogP contribution >= 0.6 is 0 Å². The summed E-state index contributed by atoms with van der Waals surface area (Å²) in [6, 6.07) is 24.7. The van der Waals surface area contributed by atoms with Gasteiger partial charge in [0.15, 0.2) is 0 Å². The Morgan fingerprint density at radius 3 is 2.03 bits per heavy atom. The van der Waals surface area contributed by atoms with Crippen molar-refractivity contribution in [2.75, 3.05) is 26.2 Å². The minimum absolute atomic E-state index is 0.0418. The van der Waals surface area contributed by atoms with Crippen molar-refractivity contribution < 1.29 is 28.6 Å². The van der Waals surface area contributed by atoms with Gasteiger partial charge < -0.3 is 19.9 Å². The number of nitriles is 1. The van der Waals surface area contributed by atoms with Gasteiger partial charge in [0.2, 0.25) is 0 Å². The first kappa shape index (κ1) is 26.7. The van der Waals surface area contributed by atoms with E-state index in [2.05, 4.69) is 6.07 Å². The van der Waals surface area contributed by atoms with E-state index in [1.807, 2.05) is 12.1 Å². The van der Waals surface area contributed by atoms with Gasteiger partial charge in [-0.3, -0.25) is 4.90 Å². The number of nitrogens with zero attached hydrogens (tertiary/aromatic N) is 2. The predicted molar refractivity (Wildman–Crippen MR) is 143 cm³/mol. The smallest absolute Gasteiger partial charge is 0.355 e. The van der Waals surface area contributed by atoms with Crippen LogP contribution in [0.3, 0.4) is 0 Å². The molecule has 196 valence electrons. The molecule has 1 aliphatic rings. The molecule has 0 spiro atoms. The van der Waals surface area contributed by atoms with Crippen LogP contribution in [-0.2, 0) is 23.8 Å². The maximum atomic E-state index is 13.3. The van der Waals surface area contributed by atoms with Crippen molar-refractivity contribution in [3.8, 4) is 17.2 Å². The first-order valence-corrected chi connectivity index (χ1v) is 11.8. The first-order chi connectivity index (χ1) is 18.9. The molecule has 0 radical (unpaired) electrons. The van der Waals surface area contributed by atoms with Gasteiger partial charge >= 0.3 is 17.9 Å². The molecular formula is C30H25N3O6. The number of carbonyl (C=O) groups excluding carboxylic acids is 3. The molecule has 0 bridgehead atoms. The molecule has 0 fully saturated rings. The minimum Gasteiger partial charge on any atom is -0.466 e. The molecule has 2 N–H and O–H groups in total. The number of ether oxygens (including phenoxy) is 3. The topological polar surface area (TPSA) is 132 Å².